The van der Waals surface area contributed by atoms with Crippen LogP contribution in [0.3, 0.4) is 0 Å². The quantitative estimate of drug-likeness (QED) is 0.194. The molecule has 11 rings (SSSR count). The van der Waals surface area contributed by atoms with Gasteiger partial charge in [0.05, 0.1) is 22.1 Å². The lowest BCUT2D eigenvalue weighted by Gasteiger charge is -2.30. The van der Waals surface area contributed by atoms with Crippen molar-refractivity contribution in [2.45, 2.75) is 19.3 Å². The molecule has 1 aliphatic carbocycles. The van der Waals surface area contributed by atoms with E-state index in [2.05, 4.69) is 180 Å². The highest BCUT2D eigenvalue weighted by Crippen LogP contribution is 2.53. The predicted molar refractivity (Wildman–Crippen MR) is 203 cm³/mol. The van der Waals surface area contributed by atoms with Gasteiger partial charge in [-0.2, -0.15) is 5.12 Å². The summed E-state index contributed by atoms with van der Waals surface area (Å²) in [6.45, 7) is 4.67. The van der Waals surface area contributed by atoms with Crippen LogP contribution in [0.1, 0.15) is 25.0 Å². The Balaban J connectivity index is 1.32. The Labute approximate surface area is 282 Å². The van der Waals surface area contributed by atoms with Crippen LogP contribution in [-0.4, -0.2) is 9.35 Å². The molecular weight excluding hydrogens is 599 g/mol. The number of hydrogen-bond acceptors (Lipinski definition) is 2. The second-order valence-electron chi connectivity index (χ2n) is 13.8. The molecule has 0 N–H and O–H groups in total. The van der Waals surface area contributed by atoms with Crippen molar-refractivity contribution < 1.29 is 4.42 Å². The monoisotopic (exact) mass is 629 g/mol. The first-order valence-corrected chi connectivity index (χ1v) is 17.0. The predicted octanol–water partition coefficient (Wildman–Crippen LogP) is 11.8. The molecule has 0 saturated carbocycles. The van der Waals surface area contributed by atoms with Gasteiger partial charge >= 0.3 is 0 Å². The van der Waals surface area contributed by atoms with E-state index < -0.39 is 0 Å². The Morgan fingerprint density at radius 3 is 1.53 bits per heavy atom. The van der Waals surface area contributed by atoms with Crippen LogP contribution in [0.15, 0.2) is 156 Å². The van der Waals surface area contributed by atoms with E-state index in [1.165, 1.54) is 49.2 Å². The fraction of sp³-hybridized carbons (Fsp3) is 0.0667. The Bertz CT molecular complexity index is 2770. The highest BCUT2D eigenvalue weighted by molar-refractivity contribution is 6.18. The lowest BCUT2D eigenvalue weighted by atomic mass is 9.82. The van der Waals surface area contributed by atoms with E-state index in [0.717, 1.165) is 44.3 Å². The van der Waals surface area contributed by atoms with Crippen LogP contribution < -0.4 is 5.12 Å². The molecule has 0 aliphatic heterocycles. The summed E-state index contributed by atoms with van der Waals surface area (Å²) in [5.74, 6) is 0. The van der Waals surface area contributed by atoms with Gasteiger partial charge in [0.2, 0.25) is 0 Å². The van der Waals surface area contributed by atoms with Crippen molar-refractivity contribution in [2.75, 3.05) is 5.12 Å². The Morgan fingerprint density at radius 2 is 0.959 bits per heavy atom. The molecule has 3 heterocycles. The first-order valence-electron chi connectivity index (χ1n) is 17.0. The van der Waals surface area contributed by atoms with Gasteiger partial charge in [-0.1, -0.05) is 129 Å². The molecule has 0 spiro atoms. The number of rotatable bonds is 3. The third kappa shape index (κ3) is 3.38. The summed E-state index contributed by atoms with van der Waals surface area (Å²) < 4.78 is 11.8. The zero-order valence-corrected chi connectivity index (χ0v) is 27.2. The van der Waals surface area contributed by atoms with E-state index in [1.807, 2.05) is 0 Å². The second-order valence-corrected chi connectivity index (χ2v) is 13.8. The Kier molecular flexibility index (Phi) is 5.15. The third-order valence-electron chi connectivity index (χ3n) is 10.9. The number of anilines is 1. The van der Waals surface area contributed by atoms with Gasteiger partial charge in [-0.15, -0.1) is 0 Å². The standard InChI is InChI=1S/C45H31N3O/c1-45(2)34-20-8-3-18-32(34)42-35(45)26-27-41-43(42)33-19-13-25-40(44(33)49-41)48(46-36-21-9-4-14-28(36)29-15-5-10-22-37(29)46)47-38-23-11-6-16-30(38)31-17-7-12-24-39(31)47/h3-27H,1-2H3. The number of para-hydroxylation sites is 5. The fourth-order valence-electron chi connectivity index (χ4n) is 8.74. The molecule has 0 unspecified atom stereocenters. The fourth-order valence-corrected chi connectivity index (χ4v) is 8.74. The van der Waals surface area contributed by atoms with Gasteiger partial charge in [-0.05, 0) is 58.7 Å². The summed E-state index contributed by atoms with van der Waals surface area (Å²) >= 11 is 0. The number of hydrogen-bond donors (Lipinski definition) is 0. The molecule has 3 aromatic heterocycles. The normalized spacial score (nSPS) is 13.7. The maximum absolute atomic E-state index is 7.05. The Hall–Kier alpha value is -6.26. The van der Waals surface area contributed by atoms with E-state index in [9.17, 15) is 0 Å². The molecule has 0 saturated heterocycles. The van der Waals surface area contributed by atoms with Crippen LogP contribution in [0.5, 0.6) is 0 Å². The number of nitrogens with zero attached hydrogens (tertiary/aromatic N) is 3. The number of aromatic nitrogens is 2. The van der Waals surface area contributed by atoms with Gasteiger partial charge in [0.25, 0.3) is 0 Å². The van der Waals surface area contributed by atoms with Crippen molar-refractivity contribution in [1.29, 1.82) is 0 Å². The van der Waals surface area contributed by atoms with Crippen LogP contribution in [0.2, 0.25) is 0 Å². The summed E-state index contributed by atoms with van der Waals surface area (Å²) in [7, 11) is 0. The molecule has 1 aliphatic rings. The maximum Gasteiger partial charge on any atom is 0.162 e. The molecule has 0 fully saturated rings. The van der Waals surface area contributed by atoms with Crippen molar-refractivity contribution in [1.82, 2.24) is 9.35 Å². The molecule has 0 amide bonds. The molecule has 7 aromatic carbocycles. The molecule has 4 nitrogen and oxygen atoms in total. The molecule has 0 bridgehead atoms. The summed E-state index contributed by atoms with van der Waals surface area (Å²) in [4.78, 5) is 0. The average Bonchev–Trinajstić information content (AvgIpc) is 3.85. The SMILES string of the molecule is CC1(C)c2ccccc2-c2c1ccc1oc3c(N(n4c5ccccc5c5ccccc54)n4c5ccccc5c5ccccc54)cccc3c21. The van der Waals surface area contributed by atoms with Crippen LogP contribution in [0, 0.1) is 0 Å². The zero-order valence-electron chi connectivity index (χ0n) is 27.2. The summed E-state index contributed by atoms with van der Waals surface area (Å²) in [5, 5.41) is 9.46. The third-order valence-corrected chi connectivity index (χ3v) is 10.9. The van der Waals surface area contributed by atoms with Crippen LogP contribution in [0.4, 0.5) is 5.69 Å². The smallest absolute Gasteiger partial charge is 0.162 e. The van der Waals surface area contributed by atoms with E-state index in [4.69, 9.17) is 4.42 Å². The van der Waals surface area contributed by atoms with E-state index in [-0.39, 0.29) is 5.41 Å². The van der Waals surface area contributed by atoms with Gasteiger partial charge in [0.1, 0.15) is 11.3 Å². The van der Waals surface area contributed by atoms with E-state index >= 15 is 0 Å². The maximum atomic E-state index is 7.05. The van der Waals surface area contributed by atoms with Crippen molar-refractivity contribution in [3.05, 3.63) is 163 Å². The highest BCUT2D eigenvalue weighted by atomic mass is 16.3. The minimum absolute atomic E-state index is 0.0979. The van der Waals surface area contributed by atoms with Gasteiger partial charge in [-0.25, -0.2) is 9.35 Å². The summed E-state index contributed by atoms with van der Waals surface area (Å²) in [5.41, 5.74) is 12.4. The molecule has 0 atom stereocenters. The van der Waals surface area contributed by atoms with Gasteiger partial charge < -0.3 is 4.42 Å². The van der Waals surface area contributed by atoms with Crippen LogP contribution in [0.25, 0.3) is 76.7 Å². The largest absolute Gasteiger partial charge is 0.454 e. The topological polar surface area (TPSA) is 26.2 Å². The molecule has 0 radical (unpaired) electrons. The zero-order chi connectivity index (χ0) is 32.4. The van der Waals surface area contributed by atoms with Crippen molar-refractivity contribution in [2.24, 2.45) is 0 Å². The van der Waals surface area contributed by atoms with E-state index in [0.29, 0.717) is 0 Å². The molecule has 4 heteroatoms. The van der Waals surface area contributed by atoms with Crippen molar-refractivity contribution in [3.8, 4) is 11.1 Å². The highest BCUT2D eigenvalue weighted by Gasteiger charge is 2.37. The number of benzene rings is 7. The lowest BCUT2D eigenvalue weighted by Crippen LogP contribution is -2.34. The number of furan rings is 1. The minimum atomic E-state index is -0.0979. The minimum Gasteiger partial charge on any atom is -0.454 e. The number of fused-ring (bicyclic) bond motifs is 13. The first-order chi connectivity index (χ1) is 24.1. The molecule has 10 aromatic rings. The first kappa shape index (κ1) is 26.8. The summed E-state index contributed by atoms with van der Waals surface area (Å²) in [6, 6.07) is 54.8. The van der Waals surface area contributed by atoms with Crippen LogP contribution >= 0.6 is 0 Å². The molecule has 232 valence electrons. The average molecular weight is 630 g/mol. The van der Waals surface area contributed by atoms with Gasteiger partial charge in [0.15, 0.2) is 5.58 Å². The van der Waals surface area contributed by atoms with Gasteiger partial charge in [-0.3, -0.25) is 0 Å². The van der Waals surface area contributed by atoms with Crippen molar-refractivity contribution in [3.63, 3.8) is 0 Å². The van der Waals surface area contributed by atoms with Gasteiger partial charge in [0, 0.05) is 37.7 Å². The van der Waals surface area contributed by atoms with E-state index in [1.54, 1.807) is 0 Å². The summed E-state index contributed by atoms with van der Waals surface area (Å²) in [6.07, 6.45) is 0. The van der Waals surface area contributed by atoms with Crippen LogP contribution in [-0.2, 0) is 5.41 Å². The van der Waals surface area contributed by atoms with Crippen molar-refractivity contribution >= 4 is 71.2 Å². The Morgan fingerprint density at radius 1 is 0.469 bits per heavy atom. The lowest BCUT2D eigenvalue weighted by molar-refractivity contribution is 0.639. The molecule has 49 heavy (non-hydrogen) atoms. The molecular formula is C45H31N3O. The second kappa shape index (κ2) is 9.42.